The van der Waals surface area contributed by atoms with Gasteiger partial charge in [0.1, 0.15) is 10.7 Å². The lowest BCUT2D eigenvalue weighted by Gasteiger charge is -2.24. The normalized spacial score (nSPS) is 11.1. The number of thiophene rings is 1. The summed E-state index contributed by atoms with van der Waals surface area (Å²) in [5.74, 6) is -0.481. The van der Waals surface area contributed by atoms with Crippen LogP contribution in [0.25, 0.3) is 10.1 Å². The Morgan fingerprint density at radius 2 is 1.82 bits per heavy atom. The molecular formula is C24H23ClN4O3S. The van der Waals surface area contributed by atoms with Crippen molar-refractivity contribution in [1.82, 2.24) is 9.55 Å². The molecule has 0 aliphatic rings. The van der Waals surface area contributed by atoms with E-state index in [1.54, 1.807) is 0 Å². The number of halogens is 1. The quantitative estimate of drug-likeness (QED) is 0.405. The third-order valence-electron chi connectivity index (χ3n) is 5.38. The van der Waals surface area contributed by atoms with Crippen molar-refractivity contribution >= 4 is 50.4 Å². The topological polar surface area (TPSA) is 101 Å². The number of carbonyl (C=O) groups is 1. The second kappa shape index (κ2) is 9.64. The molecule has 2 aromatic heterocycles. The van der Waals surface area contributed by atoms with E-state index in [0.29, 0.717) is 16.3 Å². The van der Waals surface area contributed by atoms with Gasteiger partial charge in [0.2, 0.25) is 0 Å². The summed E-state index contributed by atoms with van der Waals surface area (Å²) in [4.78, 5) is 43.1. The number of unbranched alkanes of at least 4 members (excludes halogenated alkanes) is 1. The van der Waals surface area contributed by atoms with Crippen molar-refractivity contribution in [3.63, 3.8) is 0 Å². The number of hydrogen-bond donors (Lipinski definition) is 2. The van der Waals surface area contributed by atoms with E-state index in [-0.39, 0.29) is 24.6 Å². The number of H-pyrrole nitrogens is 1. The van der Waals surface area contributed by atoms with Gasteiger partial charge in [0.15, 0.2) is 5.69 Å². The number of nitrogen functional groups attached to an aromatic ring is 1. The first-order valence-electron chi connectivity index (χ1n) is 10.6. The molecule has 0 spiro atoms. The van der Waals surface area contributed by atoms with Crippen LogP contribution in [0.15, 0.2) is 64.2 Å². The van der Waals surface area contributed by atoms with Gasteiger partial charge in [0.25, 0.3) is 11.5 Å². The van der Waals surface area contributed by atoms with Gasteiger partial charge in [-0.15, -0.1) is 11.3 Å². The fourth-order valence-corrected chi connectivity index (χ4v) is 5.13. The second-order valence-corrected chi connectivity index (χ2v) is 9.05. The Hall–Kier alpha value is -3.36. The van der Waals surface area contributed by atoms with Gasteiger partial charge >= 0.3 is 5.69 Å². The van der Waals surface area contributed by atoms with E-state index in [9.17, 15) is 14.4 Å². The van der Waals surface area contributed by atoms with Gasteiger partial charge in [-0.05, 0) is 18.1 Å². The van der Waals surface area contributed by atoms with Crippen LogP contribution in [0, 0.1) is 0 Å². The summed E-state index contributed by atoms with van der Waals surface area (Å²) >= 11 is 7.82. The van der Waals surface area contributed by atoms with E-state index in [4.69, 9.17) is 17.3 Å². The Morgan fingerprint density at radius 1 is 1.12 bits per heavy atom. The van der Waals surface area contributed by atoms with Gasteiger partial charge < -0.3 is 5.73 Å². The molecular weight excluding hydrogens is 460 g/mol. The number of benzene rings is 2. The molecule has 0 radical (unpaired) electrons. The zero-order chi connectivity index (χ0) is 23.5. The maximum atomic E-state index is 13.7. The summed E-state index contributed by atoms with van der Waals surface area (Å²) in [5, 5.41) is 1.12. The molecule has 0 bridgehead atoms. The number of nitrogens with zero attached hydrogens (tertiary/aromatic N) is 2. The van der Waals surface area contributed by atoms with Crippen LogP contribution < -0.4 is 21.9 Å². The van der Waals surface area contributed by atoms with Gasteiger partial charge in [-0.1, -0.05) is 73.5 Å². The first-order valence-corrected chi connectivity index (χ1v) is 11.8. The van der Waals surface area contributed by atoms with Gasteiger partial charge in [-0.25, -0.2) is 4.79 Å². The molecule has 1 amide bonds. The van der Waals surface area contributed by atoms with E-state index in [0.717, 1.165) is 22.1 Å². The van der Waals surface area contributed by atoms with E-state index in [2.05, 4.69) is 4.98 Å². The van der Waals surface area contributed by atoms with Crippen molar-refractivity contribution in [2.75, 3.05) is 17.2 Å². The van der Waals surface area contributed by atoms with Crippen molar-refractivity contribution in [1.29, 1.82) is 0 Å². The molecule has 4 rings (SSSR count). The van der Waals surface area contributed by atoms with Gasteiger partial charge in [-0.2, -0.15) is 0 Å². The molecule has 0 fully saturated rings. The monoisotopic (exact) mass is 482 g/mol. The number of amides is 1. The number of rotatable bonds is 7. The number of aromatic nitrogens is 2. The van der Waals surface area contributed by atoms with E-state index in [1.165, 1.54) is 20.8 Å². The van der Waals surface area contributed by atoms with Crippen LogP contribution in [0.3, 0.4) is 0 Å². The van der Waals surface area contributed by atoms with E-state index >= 15 is 0 Å². The van der Waals surface area contributed by atoms with Crippen LogP contribution >= 0.6 is 22.9 Å². The molecule has 0 saturated carbocycles. The first kappa shape index (κ1) is 22.8. The number of nitrogens with one attached hydrogen (secondary N) is 1. The van der Waals surface area contributed by atoms with Crippen molar-refractivity contribution in [3.05, 3.63) is 90.9 Å². The first-order chi connectivity index (χ1) is 15.9. The zero-order valence-electron chi connectivity index (χ0n) is 18.0. The van der Waals surface area contributed by atoms with E-state index < -0.39 is 17.2 Å². The summed E-state index contributed by atoms with van der Waals surface area (Å²) in [6, 6.07) is 16.7. The minimum Gasteiger partial charge on any atom is -0.383 e. The average Bonchev–Trinajstić information content (AvgIpc) is 3.15. The number of anilines is 2. The Morgan fingerprint density at radius 3 is 2.52 bits per heavy atom. The lowest BCUT2D eigenvalue weighted by Crippen LogP contribution is -2.41. The third-order valence-corrected chi connectivity index (χ3v) is 7.04. The number of aromatic amines is 1. The predicted octanol–water partition coefficient (Wildman–Crippen LogP) is 4.48. The van der Waals surface area contributed by atoms with Crippen molar-refractivity contribution in [2.24, 2.45) is 0 Å². The minimum atomic E-state index is -0.705. The van der Waals surface area contributed by atoms with E-state index in [1.807, 2.05) is 61.5 Å². The van der Waals surface area contributed by atoms with Crippen LogP contribution in [0.4, 0.5) is 11.5 Å². The molecule has 33 heavy (non-hydrogen) atoms. The van der Waals surface area contributed by atoms with Crippen molar-refractivity contribution in [2.45, 2.75) is 26.3 Å². The van der Waals surface area contributed by atoms with Gasteiger partial charge in [-0.3, -0.25) is 24.0 Å². The van der Waals surface area contributed by atoms with Crippen molar-refractivity contribution in [3.8, 4) is 0 Å². The molecule has 3 N–H and O–H groups in total. The SMILES string of the molecule is CCCCN(C(=O)c1sc2ccccc2c1Cl)c1c(N)n(Cc2ccccc2)c(=O)[nH]c1=O. The molecule has 2 aromatic carbocycles. The van der Waals surface area contributed by atoms with Gasteiger partial charge in [0, 0.05) is 16.6 Å². The highest BCUT2D eigenvalue weighted by molar-refractivity contribution is 7.21. The lowest BCUT2D eigenvalue weighted by molar-refractivity contribution is 0.0990. The molecule has 0 saturated heterocycles. The molecule has 170 valence electrons. The average molecular weight is 483 g/mol. The Bertz CT molecular complexity index is 1430. The van der Waals surface area contributed by atoms with Crippen LogP contribution in [0.5, 0.6) is 0 Å². The number of carbonyl (C=O) groups excluding carboxylic acids is 1. The molecule has 9 heteroatoms. The van der Waals surface area contributed by atoms with Crippen LogP contribution in [0.2, 0.25) is 5.02 Å². The van der Waals surface area contributed by atoms with Crippen LogP contribution in [-0.4, -0.2) is 22.0 Å². The Kier molecular flexibility index (Phi) is 6.67. The fourth-order valence-electron chi connectivity index (χ4n) is 3.67. The van der Waals surface area contributed by atoms with Crippen LogP contribution in [0.1, 0.15) is 35.0 Å². The maximum Gasteiger partial charge on any atom is 0.330 e. The third kappa shape index (κ3) is 4.44. The van der Waals surface area contributed by atoms with Crippen molar-refractivity contribution < 1.29 is 4.79 Å². The minimum absolute atomic E-state index is 0.0440. The molecule has 4 aromatic rings. The predicted molar refractivity (Wildman–Crippen MR) is 135 cm³/mol. The summed E-state index contributed by atoms with van der Waals surface area (Å²) in [6.45, 7) is 2.41. The summed E-state index contributed by atoms with van der Waals surface area (Å²) in [6.07, 6.45) is 1.44. The molecule has 0 aliphatic carbocycles. The molecule has 0 unspecified atom stereocenters. The fraction of sp³-hybridized carbons (Fsp3) is 0.208. The largest absolute Gasteiger partial charge is 0.383 e. The highest BCUT2D eigenvalue weighted by atomic mass is 35.5. The highest BCUT2D eigenvalue weighted by Gasteiger charge is 2.28. The van der Waals surface area contributed by atoms with Gasteiger partial charge in [0.05, 0.1) is 11.6 Å². The zero-order valence-corrected chi connectivity index (χ0v) is 19.6. The molecule has 0 aliphatic heterocycles. The number of nitrogens with two attached hydrogens (primary N) is 1. The lowest BCUT2D eigenvalue weighted by atomic mass is 10.2. The molecule has 0 atom stereocenters. The standard InChI is InChI=1S/C24H23ClN4O3S/c1-2-3-13-28(23(31)20-18(25)16-11-7-8-12-17(16)33-20)19-21(26)29(24(32)27-22(19)30)14-15-9-5-4-6-10-15/h4-12H,2-3,13-14,26H2,1H3,(H,27,30,32). The molecule has 7 nitrogen and oxygen atoms in total. The number of fused-ring (bicyclic) bond motifs is 1. The summed E-state index contributed by atoms with van der Waals surface area (Å²) in [7, 11) is 0. The summed E-state index contributed by atoms with van der Waals surface area (Å²) < 4.78 is 2.14. The van der Waals surface area contributed by atoms with Crippen LogP contribution in [-0.2, 0) is 6.54 Å². The number of hydrogen-bond acceptors (Lipinski definition) is 5. The Labute approximate surface area is 199 Å². The Balaban J connectivity index is 1.83. The molecule has 2 heterocycles. The summed E-state index contributed by atoms with van der Waals surface area (Å²) in [5.41, 5.74) is 5.81. The maximum absolute atomic E-state index is 13.7. The highest BCUT2D eigenvalue weighted by Crippen LogP contribution is 2.36. The smallest absolute Gasteiger partial charge is 0.330 e. The second-order valence-electron chi connectivity index (χ2n) is 7.62.